The van der Waals surface area contributed by atoms with Crippen molar-refractivity contribution in [1.82, 2.24) is 15.5 Å². The lowest BCUT2D eigenvalue weighted by molar-refractivity contribution is 0.452. The van der Waals surface area contributed by atoms with Gasteiger partial charge in [0.05, 0.1) is 6.20 Å². The highest BCUT2D eigenvalue weighted by atomic mass is 15.1. The number of H-pyrrole nitrogens is 1. The molecule has 1 atom stereocenters. The Hall–Kier alpha value is -0.830. The molecule has 0 aliphatic heterocycles. The summed E-state index contributed by atoms with van der Waals surface area (Å²) < 4.78 is 0. The minimum Gasteiger partial charge on any atom is -0.310 e. The first-order valence-electron chi connectivity index (χ1n) is 6.00. The maximum Gasteiger partial charge on any atom is 0.0537 e. The van der Waals surface area contributed by atoms with Crippen LogP contribution in [0.25, 0.3) is 0 Å². The number of aryl methyl sites for hydroxylation is 1. The number of nitrogens with one attached hydrogen (secondary N) is 2. The molecule has 1 aromatic rings. The molecule has 2 rings (SSSR count). The van der Waals surface area contributed by atoms with E-state index >= 15 is 0 Å². The van der Waals surface area contributed by atoms with Gasteiger partial charge < -0.3 is 5.32 Å². The number of nitrogens with zero attached hydrogens (tertiary/aromatic N) is 1. The van der Waals surface area contributed by atoms with E-state index in [9.17, 15) is 0 Å². The van der Waals surface area contributed by atoms with E-state index in [0.29, 0.717) is 6.04 Å². The molecule has 1 heterocycles. The van der Waals surface area contributed by atoms with E-state index in [1.165, 1.54) is 36.9 Å². The molecule has 0 radical (unpaired) electrons. The Balaban J connectivity index is 1.81. The zero-order valence-corrected chi connectivity index (χ0v) is 9.71. The van der Waals surface area contributed by atoms with Crippen molar-refractivity contribution in [2.45, 2.75) is 45.6 Å². The quantitative estimate of drug-likeness (QED) is 0.796. The highest BCUT2D eigenvalue weighted by Gasteiger charge is 2.16. The summed E-state index contributed by atoms with van der Waals surface area (Å²) in [5, 5.41) is 10.7. The summed E-state index contributed by atoms with van der Waals surface area (Å²) in [5.41, 5.74) is 2.48. The van der Waals surface area contributed by atoms with E-state index in [0.717, 1.165) is 12.5 Å². The van der Waals surface area contributed by atoms with Gasteiger partial charge in [-0.3, -0.25) is 5.10 Å². The van der Waals surface area contributed by atoms with Gasteiger partial charge in [0.1, 0.15) is 0 Å². The molecule has 84 valence electrons. The number of hydrogen-bond acceptors (Lipinski definition) is 2. The number of aromatic amines is 1. The first kappa shape index (κ1) is 10.7. The van der Waals surface area contributed by atoms with Crippen molar-refractivity contribution in [3.05, 3.63) is 17.5 Å². The Labute approximate surface area is 91.7 Å². The second kappa shape index (κ2) is 4.79. The SMILES string of the molecule is Cc1[nH]ncc1C(C)NCC1CCCC1. The van der Waals surface area contributed by atoms with Gasteiger partial charge >= 0.3 is 0 Å². The summed E-state index contributed by atoms with van der Waals surface area (Å²) in [6, 6.07) is 0.421. The third kappa shape index (κ3) is 2.59. The topological polar surface area (TPSA) is 40.7 Å². The molecule has 1 fully saturated rings. The first-order chi connectivity index (χ1) is 7.27. The van der Waals surface area contributed by atoms with Crippen LogP contribution in [0.15, 0.2) is 6.20 Å². The van der Waals surface area contributed by atoms with Crippen LogP contribution in [0.5, 0.6) is 0 Å². The highest BCUT2D eigenvalue weighted by molar-refractivity contribution is 5.18. The van der Waals surface area contributed by atoms with E-state index in [-0.39, 0.29) is 0 Å². The Kier molecular flexibility index (Phi) is 3.41. The van der Waals surface area contributed by atoms with Gasteiger partial charge in [0.25, 0.3) is 0 Å². The lowest BCUT2D eigenvalue weighted by Crippen LogP contribution is -2.24. The molecular weight excluding hydrogens is 186 g/mol. The molecule has 0 saturated heterocycles. The normalized spacial score (nSPS) is 19.6. The standard InChI is InChI=1S/C12H21N3/c1-9(12-8-14-15-10(12)2)13-7-11-5-3-4-6-11/h8-9,11,13H,3-7H2,1-2H3,(H,14,15). The third-order valence-electron chi connectivity index (χ3n) is 3.52. The average molecular weight is 207 g/mol. The summed E-state index contributed by atoms with van der Waals surface area (Å²) in [7, 11) is 0. The van der Waals surface area contributed by atoms with Gasteiger partial charge in [-0.15, -0.1) is 0 Å². The molecule has 1 aliphatic rings. The van der Waals surface area contributed by atoms with Crippen molar-refractivity contribution in [3.8, 4) is 0 Å². The average Bonchev–Trinajstić information content (AvgIpc) is 2.84. The smallest absolute Gasteiger partial charge is 0.0537 e. The summed E-state index contributed by atoms with van der Waals surface area (Å²) in [6.07, 6.45) is 7.59. The minimum absolute atomic E-state index is 0.421. The maximum atomic E-state index is 4.06. The van der Waals surface area contributed by atoms with Crippen LogP contribution in [-0.2, 0) is 0 Å². The van der Waals surface area contributed by atoms with Crippen LogP contribution in [0.4, 0.5) is 0 Å². The van der Waals surface area contributed by atoms with E-state index < -0.39 is 0 Å². The Morgan fingerprint density at radius 1 is 1.53 bits per heavy atom. The lowest BCUT2D eigenvalue weighted by atomic mass is 10.1. The van der Waals surface area contributed by atoms with E-state index in [1.807, 2.05) is 6.20 Å². The van der Waals surface area contributed by atoms with E-state index in [4.69, 9.17) is 0 Å². The fourth-order valence-electron chi connectivity index (χ4n) is 2.46. The molecule has 0 amide bonds. The van der Waals surface area contributed by atoms with Crippen LogP contribution in [0.2, 0.25) is 0 Å². The van der Waals surface area contributed by atoms with Gasteiger partial charge in [-0.2, -0.15) is 5.10 Å². The molecule has 2 N–H and O–H groups in total. The number of rotatable bonds is 4. The summed E-state index contributed by atoms with van der Waals surface area (Å²) in [4.78, 5) is 0. The lowest BCUT2D eigenvalue weighted by Gasteiger charge is -2.16. The Morgan fingerprint density at radius 2 is 2.27 bits per heavy atom. The van der Waals surface area contributed by atoms with Crippen LogP contribution in [0.1, 0.15) is 49.9 Å². The van der Waals surface area contributed by atoms with Crippen LogP contribution in [-0.4, -0.2) is 16.7 Å². The first-order valence-corrected chi connectivity index (χ1v) is 6.00. The molecule has 0 aromatic carbocycles. The molecule has 1 aromatic heterocycles. The molecule has 1 saturated carbocycles. The summed E-state index contributed by atoms with van der Waals surface area (Å²) in [5.74, 6) is 0.902. The molecule has 0 spiro atoms. The zero-order valence-electron chi connectivity index (χ0n) is 9.71. The van der Waals surface area contributed by atoms with Crippen LogP contribution in [0, 0.1) is 12.8 Å². The van der Waals surface area contributed by atoms with Crippen molar-refractivity contribution in [2.24, 2.45) is 5.92 Å². The van der Waals surface area contributed by atoms with Gasteiger partial charge in [-0.05, 0) is 39.2 Å². The van der Waals surface area contributed by atoms with Crippen molar-refractivity contribution in [2.75, 3.05) is 6.54 Å². The van der Waals surface area contributed by atoms with Gasteiger partial charge in [-0.1, -0.05) is 12.8 Å². The predicted molar refractivity (Wildman–Crippen MR) is 61.7 cm³/mol. The van der Waals surface area contributed by atoms with Crippen LogP contribution >= 0.6 is 0 Å². The maximum absolute atomic E-state index is 4.06. The van der Waals surface area contributed by atoms with Gasteiger partial charge in [0.2, 0.25) is 0 Å². The second-order valence-electron chi connectivity index (χ2n) is 4.73. The molecule has 15 heavy (non-hydrogen) atoms. The third-order valence-corrected chi connectivity index (χ3v) is 3.52. The molecule has 1 unspecified atom stereocenters. The van der Waals surface area contributed by atoms with Crippen molar-refractivity contribution in [3.63, 3.8) is 0 Å². The summed E-state index contributed by atoms with van der Waals surface area (Å²) >= 11 is 0. The second-order valence-corrected chi connectivity index (χ2v) is 4.73. The minimum atomic E-state index is 0.421. The van der Waals surface area contributed by atoms with Crippen molar-refractivity contribution < 1.29 is 0 Å². The fourth-order valence-corrected chi connectivity index (χ4v) is 2.46. The summed E-state index contributed by atoms with van der Waals surface area (Å²) in [6.45, 7) is 5.45. The molecule has 0 bridgehead atoms. The highest BCUT2D eigenvalue weighted by Crippen LogP contribution is 2.24. The van der Waals surface area contributed by atoms with Crippen molar-refractivity contribution in [1.29, 1.82) is 0 Å². The monoisotopic (exact) mass is 207 g/mol. The number of hydrogen-bond donors (Lipinski definition) is 2. The molecule has 3 nitrogen and oxygen atoms in total. The fraction of sp³-hybridized carbons (Fsp3) is 0.750. The number of aromatic nitrogens is 2. The van der Waals surface area contributed by atoms with Crippen LogP contribution in [0.3, 0.4) is 0 Å². The van der Waals surface area contributed by atoms with Gasteiger partial charge in [0.15, 0.2) is 0 Å². The van der Waals surface area contributed by atoms with Gasteiger partial charge in [0, 0.05) is 17.3 Å². The predicted octanol–water partition coefficient (Wildman–Crippen LogP) is 2.56. The molecule has 1 aliphatic carbocycles. The van der Waals surface area contributed by atoms with E-state index in [2.05, 4.69) is 29.4 Å². The molecule has 3 heteroatoms. The molecular formula is C12H21N3. The van der Waals surface area contributed by atoms with Gasteiger partial charge in [-0.25, -0.2) is 0 Å². The van der Waals surface area contributed by atoms with Crippen molar-refractivity contribution >= 4 is 0 Å². The Morgan fingerprint density at radius 3 is 2.87 bits per heavy atom. The Bertz CT molecular complexity index is 300. The zero-order chi connectivity index (χ0) is 10.7. The van der Waals surface area contributed by atoms with Crippen LogP contribution < -0.4 is 5.32 Å². The van der Waals surface area contributed by atoms with E-state index in [1.54, 1.807) is 0 Å². The largest absolute Gasteiger partial charge is 0.310 e.